The van der Waals surface area contributed by atoms with Crippen molar-refractivity contribution in [3.05, 3.63) is 0 Å². The van der Waals surface area contributed by atoms with Crippen LogP contribution >= 0.6 is 0 Å². The minimum atomic E-state index is -1.97. The molecule has 3 heterocycles. The van der Waals surface area contributed by atoms with Crippen LogP contribution in [0.3, 0.4) is 0 Å². The van der Waals surface area contributed by atoms with Gasteiger partial charge >= 0.3 is 0 Å². The number of carbonyl (C=O) groups is 1. The molecule has 0 radical (unpaired) electrons. The van der Waals surface area contributed by atoms with Gasteiger partial charge in [-0.15, -0.1) is 0 Å². The molecule has 19 nitrogen and oxygen atoms in total. The average molecular weight is 1260 g/mol. The van der Waals surface area contributed by atoms with Crippen LogP contribution in [0.15, 0.2) is 0 Å². The number of hydrogen-bond acceptors (Lipinski definition) is 18. The van der Waals surface area contributed by atoms with Crippen molar-refractivity contribution in [3.8, 4) is 0 Å². The van der Waals surface area contributed by atoms with E-state index in [0.29, 0.717) is 12.8 Å². The Labute approximate surface area is 532 Å². The highest BCUT2D eigenvalue weighted by Crippen LogP contribution is 2.33. The number of unbranched alkanes of at least 4 members (excludes halogenated alkanes) is 41. The van der Waals surface area contributed by atoms with Crippen molar-refractivity contribution in [1.29, 1.82) is 0 Å². The van der Waals surface area contributed by atoms with E-state index in [-0.39, 0.29) is 18.9 Å². The zero-order valence-corrected chi connectivity index (χ0v) is 55.2. The predicted molar refractivity (Wildman–Crippen MR) is 342 cm³/mol. The number of amides is 1. The second-order valence-electron chi connectivity index (χ2n) is 26.4. The third-order valence-electron chi connectivity index (χ3n) is 18.7. The summed E-state index contributed by atoms with van der Waals surface area (Å²) in [5.74, 6) is -0.235. The van der Waals surface area contributed by atoms with Crippen molar-refractivity contribution >= 4 is 5.91 Å². The van der Waals surface area contributed by atoms with Crippen molar-refractivity contribution in [2.24, 2.45) is 0 Å². The van der Waals surface area contributed by atoms with E-state index < -0.39 is 124 Å². The van der Waals surface area contributed by atoms with Gasteiger partial charge in [0.2, 0.25) is 5.91 Å². The van der Waals surface area contributed by atoms with E-state index in [1.807, 2.05) is 0 Å². The lowest BCUT2D eigenvalue weighted by Crippen LogP contribution is -2.66. The lowest BCUT2D eigenvalue weighted by Gasteiger charge is -2.48. The van der Waals surface area contributed by atoms with Crippen molar-refractivity contribution in [3.63, 3.8) is 0 Å². The van der Waals surface area contributed by atoms with Crippen molar-refractivity contribution < 1.29 is 89.4 Å². The van der Waals surface area contributed by atoms with Crippen LogP contribution in [0.1, 0.15) is 303 Å². The van der Waals surface area contributed by atoms with Gasteiger partial charge in [-0.1, -0.05) is 284 Å². The summed E-state index contributed by atoms with van der Waals surface area (Å²) in [4.78, 5) is 13.4. The summed E-state index contributed by atoms with van der Waals surface area (Å²) in [6.45, 7) is 1.85. The quantitative estimate of drug-likeness (QED) is 0.0252. The molecule has 12 N–H and O–H groups in total. The van der Waals surface area contributed by atoms with Crippen LogP contribution in [0.2, 0.25) is 0 Å². The zero-order valence-electron chi connectivity index (χ0n) is 55.2. The van der Waals surface area contributed by atoms with Crippen LogP contribution in [0, 0.1) is 0 Å². The van der Waals surface area contributed by atoms with E-state index >= 15 is 0 Å². The average Bonchev–Trinajstić information content (AvgIpc) is 2.38. The van der Waals surface area contributed by atoms with Crippen LogP contribution in [-0.4, -0.2) is 193 Å². The molecule has 17 atom stereocenters. The fourth-order valence-electron chi connectivity index (χ4n) is 12.8. The number of hydrogen-bond donors (Lipinski definition) is 12. The summed E-state index contributed by atoms with van der Waals surface area (Å²) in [5, 5.41) is 121. The Morgan fingerprint density at radius 1 is 0.364 bits per heavy atom. The Kier molecular flexibility index (Phi) is 48.0. The maximum Gasteiger partial charge on any atom is 0.220 e. The molecule has 0 spiro atoms. The first kappa shape index (κ1) is 81.0. The number of ether oxygens (including phenoxy) is 6. The number of carbonyl (C=O) groups excluding carboxylic acids is 1. The van der Waals surface area contributed by atoms with Gasteiger partial charge in [-0.25, -0.2) is 0 Å². The van der Waals surface area contributed by atoms with E-state index in [0.717, 1.165) is 44.9 Å². The second kappa shape index (κ2) is 52.1. The summed E-state index contributed by atoms with van der Waals surface area (Å²) in [7, 11) is 0. The smallest absolute Gasteiger partial charge is 0.220 e. The fraction of sp³-hybridized carbons (Fsp3) is 0.986. The number of nitrogens with one attached hydrogen (secondary N) is 1. The molecule has 3 saturated heterocycles. The van der Waals surface area contributed by atoms with Gasteiger partial charge in [-0.2, -0.15) is 0 Å². The van der Waals surface area contributed by atoms with Gasteiger partial charge in [-0.3, -0.25) is 4.79 Å². The van der Waals surface area contributed by atoms with Crippen molar-refractivity contribution in [1.82, 2.24) is 5.32 Å². The molecule has 0 bridgehead atoms. The minimum Gasteiger partial charge on any atom is -0.394 e. The molecule has 19 heteroatoms. The van der Waals surface area contributed by atoms with E-state index in [2.05, 4.69) is 19.2 Å². The number of aliphatic hydroxyl groups excluding tert-OH is 11. The van der Waals surface area contributed by atoms with Gasteiger partial charge < -0.3 is 89.9 Å². The molecule has 0 aromatic heterocycles. The molecule has 0 aliphatic carbocycles. The summed E-state index contributed by atoms with van der Waals surface area (Å²) in [5.41, 5.74) is 0. The SMILES string of the molecule is CCCCCCCCCCCCCCCCCCCCCCCCCCCC(O)C(COC1OC(CO)C(OC2OC(CO)C(OC3OC(CO)C(O)C(O)C3O)C(O)C2O)C(O)C1O)NC(=O)CCCCCCCCCCCCCCCCCCCC. The predicted octanol–water partition coefficient (Wildman–Crippen LogP) is 9.89. The van der Waals surface area contributed by atoms with Gasteiger partial charge in [0, 0.05) is 6.42 Å². The van der Waals surface area contributed by atoms with Gasteiger partial charge in [0.05, 0.1) is 38.6 Å². The molecule has 0 aromatic rings. The Morgan fingerprint density at radius 3 is 0.989 bits per heavy atom. The number of aliphatic hydroxyl groups is 11. The zero-order chi connectivity index (χ0) is 64.0. The van der Waals surface area contributed by atoms with Crippen LogP contribution in [0.5, 0.6) is 0 Å². The normalized spacial score (nSPS) is 28.3. The first-order chi connectivity index (χ1) is 42.8. The van der Waals surface area contributed by atoms with Gasteiger partial charge in [0.25, 0.3) is 0 Å². The molecule has 88 heavy (non-hydrogen) atoms. The first-order valence-corrected chi connectivity index (χ1v) is 36.3. The highest BCUT2D eigenvalue weighted by atomic mass is 16.8. The molecular weight excluding hydrogens is 1130 g/mol. The maximum absolute atomic E-state index is 13.4. The standard InChI is InChI=1S/C69H133NO18/c1-3-5-7-9-11-13-15-17-19-21-23-24-25-26-27-28-29-30-32-34-36-38-40-42-44-46-53(74)52(70-57(75)47-45-43-41-39-37-35-33-31-22-20-18-16-14-12-10-8-6-4-2)51-83-67-63(81)60(78)65(55(49-72)85-67)88-69-64(82)61(79)66(56(50-73)86-69)87-68-62(80)59(77)58(76)54(48-71)84-68/h52-56,58-69,71-74,76-82H,3-51H2,1-2H3,(H,70,75). The molecule has 0 aromatic carbocycles. The minimum absolute atomic E-state index is 0.235. The molecule has 0 saturated carbocycles. The third kappa shape index (κ3) is 33.8. The maximum atomic E-state index is 13.4. The lowest BCUT2D eigenvalue weighted by atomic mass is 9.96. The van der Waals surface area contributed by atoms with E-state index in [4.69, 9.17) is 28.4 Å². The van der Waals surface area contributed by atoms with Crippen LogP contribution < -0.4 is 5.32 Å². The third-order valence-corrected chi connectivity index (χ3v) is 18.7. The second-order valence-corrected chi connectivity index (χ2v) is 26.4. The van der Waals surface area contributed by atoms with Crippen LogP contribution in [-0.2, 0) is 33.2 Å². The molecule has 17 unspecified atom stereocenters. The van der Waals surface area contributed by atoms with Gasteiger partial charge in [0.15, 0.2) is 18.9 Å². The Hall–Kier alpha value is -1.21. The largest absolute Gasteiger partial charge is 0.394 e. The molecule has 1 amide bonds. The van der Waals surface area contributed by atoms with E-state index in [1.54, 1.807) is 0 Å². The monoisotopic (exact) mass is 1260 g/mol. The molecule has 522 valence electrons. The summed E-state index contributed by atoms with van der Waals surface area (Å²) < 4.78 is 34.5. The summed E-state index contributed by atoms with van der Waals surface area (Å²) >= 11 is 0. The highest BCUT2D eigenvalue weighted by Gasteiger charge is 2.53. The van der Waals surface area contributed by atoms with Crippen LogP contribution in [0.25, 0.3) is 0 Å². The molecule has 3 aliphatic rings. The Morgan fingerprint density at radius 2 is 0.648 bits per heavy atom. The number of rotatable bonds is 57. The summed E-state index contributed by atoms with van der Waals surface area (Å²) in [6, 6.07) is -0.882. The summed E-state index contributed by atoms with van der Waals surface area (Å²) in [6.07, 6.45) is 28.9. The van der Waals surface area contributed by atoms with Gasteiger partial charge in [-0.05, 0) is 12.8 Å². The van der Waals surface area contributed by atoms with Crippen LogP contribution in [0.4, 0.5) is 0 Å². The van der Waals surface area contributed by atoms with E-state index in [1.165, 1.54) is 225 Å². The molecular formula is C69H133NO18. The Bertz CT molecular complexity index is 1600. The highest BCUT2D eigenvalue weighted by molar-refractivity contribution is 5.76. The van der Waals surface area contributed by atoms with Crippen molar-refractivity contribution in [2.45, 2.75) is 407 Å². The van der Waals surface area contributed by atoms with Crippen molar-refractivity contribution in [2.75, 3.05) is 26.4 Å². The van der Waals surface area contributed by atoms with Gasteiger partial charge in [0.1, 0.15) is 73.2 Å². The fourth-order valence-corrected chi connectivity index (χ4v) is 12.8. The topological polar surface area (TPSA) is 307 Å². The molecule has 3 aliphatic heterocycles. The molecule has 3 rings (SSSR count). The Balaban J connectivity index is 1.41. The van der Waals surface area contributed by atoms with E-state index in [9.17, 15) is 61.0 Å². The lowest BCUT2D eigenvalue weighted by molar-refractivity contribution is -0.379. The molecule has 3 fully saturated rings. The first-order valence-electron chi connectivity index (χ1n) is 36.3.